The maximum Gasteiger partial charge on any atom is 0.0481 e. The molecule has 0 fully saturated rings. The molecule has 68 valence electrons. The van der Waals surface area contributed by atoms with Gasteiger partial charge < -0.3 is 4.57 Å². The first kappa shape index (κ1) is 9.16. The van der Waals surface area contributed by atoms with Crippen LogP contribution in [0.5, 0.6) is 0 Å². The molecule has 1 aromatic heterocycles. The van der Waals surface area contributed by atoms with Gasteiger partial charge in [0.2, 0.25) is 0 Å². The maximum atomic E-state index is 4.30. The summed E-state index contributed by atoms with van der Waals surface area (Å²) >= 11 is 7.78. The van der Waals surface area contributed by atoms with Gasteiger partial charge in [-0.25, -0.2) is 0 Å². The van der Waals surface area contributed by atoms with Crippen molar-refractivity contribution >= 4 is 39.5 Å². The molecule has 0 atom stereocenters. The second kappa shape index (κ2) is 3.39. The SMILES string of the molecule is Cn1cc(CS)c2cc(Br)ccc21. The fourth-order valence-corrected chi connectivity index (χ4v) is 2.18. The molecule has 1 nitrogen and oxygen atoms in total. The first-order valence-corrected chi connectivity index (χ1v) is 5.49. The van der Waals surface area contributed by atoms with E-state index in [9.17, 15) is 0 Å². The highest BCUT2D eigenvalue weighted by molar-refractivity contribution is 9.10. The fraction of sp³-hybridized carbons (Fsp3) is 0.200. The number of hydrogen-bond donors (Lipinski definition) is 1. The van der Waals surface area contributed by atoms with E-state index < -0.39 is 0 Å². The number of thiol groups is 1. The van der Waals surface area contributed by atoms with Crippen molar-refractivity contribution < 1.29 is 0 Å². The summed E-state index contributed by atoms with van der Waals surface area (Å²) in [4.78, 5) is 0. The number of hydrogen-bond acceptors (Lipinski definition) is 1. The van der Waals surface area contributed by atoms with Crippen molar-refractivity contribution in [3.63, 3.8) is 0 Å². The normalized spacial score (nSPS) is 11.0. The van der Waals surface area contributed by atoms with Gasteiger partial charge in [0.25, 0.3) is 0 Å². The number of aromatic nitrogens is 1. The summed E-state index contributed by atoms with van der Waals surface area (Å²) in [5, 5.41) is 1.28. The molecular formula is C10H10BrNS. The lowest BCUT2D eigenvalue weighted by Crippen LogP contribution is -1.82. The molecule has 0 unspecified atom stereocenters. The van der Waals surface area contributed by atoms with Crippen LogP contribution in [0.4, 0.5) is 0 Å². The third-order valence-electron chi connectivity index (χ3n) is 2.20. The maximum absolute atomic E-state index is 4.30. The fourth-order valence-electron chi connectivity index (χ4n) is 1.57. The van der Waals surface area contributed by atoms with Gasteiger partial charge >= 0.3 is 0 Å². The molecule has 0 radical (unpaired) electrons. The Labute approximate surface area is 91.3 Å². The van der Waals surface area contributed by atoms with E-state index in [0.717, 1.165) is 10.2 Å². The van der Waals surface area contributed by atoms with Crippen molar-refractivity contribution in [3.8, 4) is 0 Å². The molecule has 0 aliphatic rings. The summed E-state index contributed by atoms with van der Waals surface area (Å²) in [7, 11) is 2.06. The molecule has 0 amide bonds. The number of aryl methyl sites for hydroxylation is 1. The zero-order chi connectivity index (χ0) is 9.42. The molecule has 0 bridgehead atoms. The van der Waals surface area contributed by atoms with E-state index in [2.05, 4.69) is 64.6 Å². The van der Waals surface area contributed by atoms with Crippen molar-refractivity contribution in [2.24, 2.45) is 7.05 Å². The van der Waals surface area contributed by atoms with E-state index in [1.165, 1.54) is 16.5 Å². The predicted molar refractivity (Wildman–Crippen MR) is 63.3 cm³/mol. The Hall–Kier alpha value is -0.410. The first-order chi connectivity index (χ1) is 6.22. The van der Waals surface area contributed by atoms with Gasteiger partial charge in [-0.3, -0.25) is 0 Å². The quantitative estimate of drug-likeness (QED) is 0.746. The summed E-state index contributed by atoms with van der Waals surface area (Å²) in [5.74, 6) is 0.786. The Kier molecular flexibility index (Phi) is 2.39. The predicted octanol–water partition coefficient (Wildman–Crippen LogP) is 3.37. The van der Waals surface area contributed by atoms with Crippen LogP contribution >= 0.6 is 28.6 Å². The van der Waals surface area contributed by atoms with Gasteiger partial charge in [0.05, 0.1) is 0 Å². The van der Waals surface area contributed by atoms with Crippen LogP contribution in [0.3, 0.4) is 0 Å². The Balaban J connectivity index is 2.81. The van der Waals surface area contributed by atoms with E-state index in [1.54, 1.807) is 0 Å². The molecule has 0 aliphatic carbocycles. The van der Waals surface area contributed by atoms with E-state index >= 15 is 0 Å². The minimum atomic E-state index is 0.786. The second-order valence-electron chi connectivity index (χ2n) is 3.08. The van der Waals surface area contributed by atoms with E-state index in [-0.39, 0.29) is 0 Å². The lowest BCUT2D eigenvalue weighted by Gasteiger charge is -1.96. The van der Waals surface area contributed by atoms with Gasteiger partial charge in [-0.05, 0) is 23.8 Å². The molecule has 0 N–H and O–H groups in total. The van der Waals surface area contributed by atoms with Crippen LogP contribution in [0, 0.1) is 0 Å². The molecule has 13 heavy (non-hydrogen) atoms. The largest absolute Gasteiger partial charge is 0.350 e. The van der Waals surface area contributed by atoms with Crippen LogP contribution in [0.15, 0.2) is 28.9 Å². The van der Waals surface area contributed by atoms with Gasteiger partial charge in [-0.15, -0.1) is 0 Å². The molecular weight excluding hydrogens is 246 g/mol. The number of nitrogens with zero attached hydrogens (tertiary/aromatic N) is 1. The molecule has 0 aliphatic heterocycles. The summed E-state index contributed by atoms with van der Waals surface area (Å²) in [6.07, 6.45) is 2.13. The molecule has 2 aromatic rings. The van der Waals surface area contributed by atoms with E-state index in [4.69, 9.17) is 0 Å². The Morgan fingerprint density at radius 2 is 2.23 bits per heavy atom. The average Bonchev–Trinajstić information content (AvgIpc) is 2.42. The van der Waals surface area contributed by atoms with Crippen molar-refractivity contribution in [3.05, 3.63) is 34.4 Å². The molecule has 0 saturated carbocycles. The molecule has 0 saturated heterocycles. The highest BCUT2D eigenvalue weighted by Gasteiger charge is 2.04. The minimum absolute atomic E-state index is 0.786. The van der Waals surface area contributed by atoms with Crippen molar-refractivity contribution in [1.82, 2.24) is 4.57 Å². The van der Waals surface area contributed by atoms with Crippen molar-refractivity contribution in [1.29, 1.82) is 0 Å². The smallest absolute Gasteiger partial charge is 0.0481 e. The summed E-state index contributed by atoms with van der Waals surface area (Å²) < 4.78 is 3.25. The molecule has 2 rings (SSSR count). The monoisotopic (exact) mass is 255 g/mol. The second-order valence-corrected chi connectivity index (χ2v) is 4.32. The molecule has 3 heteroatoms. The zero-order valence-corrected chi connectivity index (χ0v) is 9.77. The van der Waals surface area contributed by atoms with E-state index in [1.807, 2.05) is 0 Å². The summed E-state index contributed by atoms with van der Waals surface area (Å²) in [6.45, 7) is 0. The number of benzene rings is 1. The van der Waals surface area contributed by atoms with Gasteiger partial charge in [0.15, 0.2) is 0 Å². The van der Waals surface area contributed by atoms with Crippen LogP contribution in [0.25, 0.3) is 10.9 Å². The van der Waals surface area contributed by atoms with Crippen LogP contribution in [-0.4, -0.2) is 4.57 Å². The van der Waals surface area contributed by atoms with Gasteiger partial charge in [0, 0.05) is 34.4 Å². The number of rotatable bonds is 1. The lowest BCUT2D eigenvalue weighted by atomic mass is 10.2. The van der Waals surface area contributed by atoms with Gasteiger partial charge in [0.1, 0.15) is 0 Å². The van der Waals surface area contributed by atoms with Crippen LogP contribution in [0.1, 0.15) is 5.56 Å². The highest BCUT2D eigenvalue weighted by atomic mass is 79.9. The third-order valence-corrected chi connectivity index (χ3v) is 3.04. The van der Waals surface area contributed by atoms with E-state index in [0.29, 0.717) is 0 Å². The summed E-state index contributed by atoms with van der Waals surface area (Å²) in [5.41, 5.74) is 2.54. The molecule has 1 aromatic carbocycles. The Morgan fingerprint density at radius 1 is 1.46 bits per heavy atom. The average molecular weight is 256 g/mol. The van der Waals surface area contributed by atoms with Crippen molar-refractivity contribution in [2.45, 2.75) is 5.75 Å². The van der Waals surface area contributed by atoms with Crippen molar-refractivity contribution in [2.75, 3.05) is 0 Å². The highest BCUT2D eigenvalue weighted by Crippen LogP contribution is 2.25. The third kappa shape index (κ3) is 1.51. The number of halogens is 1. The lowest BCUT2D eigenvalue weighted by molar-refractivity contribution is 0.963. The minimum Gasteiger partial charge on any atom is -0.350 e. The Morgan fingerprint density at radius 3 is 2.92 bits per heavy atom. The van der Waals surface area contributed by atoms with Gasteiger partial charge in [-0.2, -0.15) is 12.6 Å². The molecule has 0 spiro atoms. The van der Waals surface area contributed by atoms with Crippen LogP contribution < -0.4 is 0 Å². The van der Waals surface area contributed by atoms with Crippen LogP contribution in [0.2, 0.25) is 0 Å². The standard InChI is InChI=1S/C10H10BrNS/c1-12-5-7(6-13)9-4-8(11)2-3-10(9)12/h2-5,13H,6H2,1H3. The topological polar surface area (TPSA) is 4.93 Å². The zero-order valence-electron chi connectivity index (χ0n) is 7.29. The Bertz CT molecular complexity index is 447. The molecule has 1 heterocycles. The first-order valence-electron chi connectivity index (χ1n) is 4.06. The summed E-state index contributed by atoms with van der Waals surface area (Å²) in [6, 6.07) is 6.32. The van der Waals surface area contributed by atoms with Crippen LogP contribution in [-0.2, 0) is 12.8 Å². The number of fused-ring (bicyclic) bond motifs is 1. The van der Waals surface area contributed by atoms with Gasteiger partial charge in [-0.1, -0.05) is 15.9 Å².